The number of rotatable bonds is 5. The van der Waals surface area contributed by atoms with E-state index >= 15 is 0 Å². The second-order valence-electron chi connectivity index (χ2n) is 3.98. The monoisotopic (exact) mass is 249 g/mol. The van der Waals surface area contributed by atoms with Crippen molar-refractivity contribution in [2.45, 2.75) is 32.7 Å². The highest BCUT2D eigenvalue weighted by atomic mass is 16.2. The van der Waals surface area contributed by atoms with E-state index in [2.05, 4.69) is 10.6 Å². The molecule has 0 aliphatic rings. The van der Waals surface area contributed by atoms with Gasteiger partial charge in [-0.1, -0.05) is 13.8 Å². The zero-order chi connectivity index (χ0) is 13.5. The lowest BCUT2D eigenvalue weighted by atomic mass is 10.2. The Bertz CT molecular complexity index is 415. The molecular formula is C13H19N3O2. The zero-order valence-electron chi connectivity index (χ0n) is 10.7. The van der Waals surface area contributed by atoms with Crippen LogP contribution in [0.2, 0.25) is 0 Å². The van der Waals surface area contributed by atoms with Gasteiger partial charge in [0.15, 0.2) is 0 Å². The van der Waals surface area contributed by atoms with Gasteiger partial charge in [0.2, 0.25) is 11.8 Å². The highest BCUT2D eigenvalue weighted by Crippen LogP contribution is 2.14. The molecule has 0 bridgehead atoms. The van der Waals surface area contributed by atoms with Crippen LogP contribution in [0.25, 0.3) is 0 Å². The van der Waals surface area contributed by atoms with Crippen molar-refractivity contribution in [3.8, 4) is 0 Å². The number of hydrogen-bond acceptors (Lipinski definition) is 3. The molecule has 4 N–H and O–H groups in total. The molecule has 0 unspecified atom stereocenters. The fourth-order valence-electron chi connectivity index (χ4n) is 1.31. The van der Waals surface area contributed by atoms with Crippen molar-refractivity contribution in [3.05, 3.63) is 24.3 Å². The third kappa shape index (κ3) is 4.18. The number of hydrogen-bond donors (Lipinski definition) is 3. The number of nitrogens with two attached hydrogens (primary N) is 1. The van der Waals surface area contributed by atoms with E-state index in [-0.39, 0.29) is 11.8 Å². The van der Waals surface area contributed by atoms with Crippen LogP contribution >= 0.6 is 0 Å². The summed E-state index contributed by atoms with van der Waals surface area (Å²) in [6.45, 7) is 3.64. The maximum atomic E-state index is 11.5. The Morgan fingerprint density at radius 1 is 1.11 bits per heavy atom. The summed E-state index contributed by atoms with van der Waals surface area (Å²) in [6.07, 6.45) is 1.03. The predicted octanol–water partition coefficient (Wildman–Crippen LogP) is 1.71. The Morgan fingerprint density at radius 2 is 1.61 bits per heavy atom. The molecule has 0 heterocycles. The molecule has 98 valence electrons. The second kappa shape index (κ2) is 6.76. The largest absolute Gasteiger partial charge is 0.326 e. The van der Waals surface area contributed by atoms with Gasteiger partial charge in [-0.05, 0) is 30.7 Å². The van der Waals surface area contributed by atoms with Crippen molar-refractivity contribution in [2.75, 3.05) is 10.6 Å². The van der Waals surface area contributed by atoms with Gasteiger partial charge in [0.05, 0.1) is 6.04 Å². The fourth-order valence-corrected chi connectivity index (χ4v) is 1.31. The van der Waals surface area contributed by atoms with Crippen LogP contribution in [0.5, 0.6) is 0 Å². The number of carbonyl (C=O) groups excluding carboxylic acids is 2. The van der Waals surface area contributed by atoms with Crippen LogP contribution in [0.3, 0.4) is 0 Å². The molecule has 0 spiro atoms. The summed E-state index contributed by atoms with van der Waals surface area (Å²) in [5.74, 6) is -0.248. The highest BCUT2D eigenvalue weighted by molar-refractivity contribution is 5.95. The van der Waals surface area contributed by atoms with E-state index in [1.165, 1.54) is 0 Å². The third-order valence-corrected chi connectivity index (χ3v) is 2.53. The maximum absolute atomic E-state index is 11.5. The summed E-state index contributed by atoms with van der Waals surface area (Å²) < 4.78 is 0. The van der Waals surface area contributed by atoms with Gasteiger partial charge in [0.25, 0.3) is 0 Å². The van der Waals surface area contributed by atoms with Gasteiger partial charge in [0, 0.05) is 17.8 Å². The number of nitrogens with one attached hydrogen (secondary N) is 2. The first-order chi connectivity index (χ1) is 8.56. The van der Waals surface area contributed by atoms with Gasteiger partial charge in [-0.25, -0.2) is 0 Å². The molecule has 5 nitrogen and oxygen atoms in total. The Kier molecular flexibility index (Phi) is 5.32. The molecule has 5 heteroatoms. The van der Waals surface area contributed by atoms with Crippen LogP contribution in [-0.4, -0.2) is 17.9 Å². The summed E-state index contributed by atoms with van der Waals surface area (Å²) >= 11 is 0. The van der Waals surface area contributed by atoms with Gasteiger partial charge in [-0.2, -0.15) is 0 Å². The summed E-state index contributed by atoms with van der Waals surface area (Å²) in [5.41, 5.74) is 6.98. The first-order valence-electron chi connectivity index (χ1n) is 6.03. The van der Waals surface area contributed by atoms with Crippen molar-refractivity contribution >= 4 is 23.2 Å². The van der Waals surface area contributed by atoms with E-state index in [1.54, 1.807) is 31.2 Å². The first-order valence-corrected chi connectivity index (χ1v) is 6.03. The third-order valence-electron chi connectivity index (χ3n) is 2.53. The molecule has 1 rings (SSSR count). The molecule has 0 fully saturated rings. The Morgan fingerprint density at radius 3 is 2.06 bits per heavy atom. The van der Waals surface area contributed by atoms with Crippen LogP contribution in [-0.2, 0) is 9.59 Å². The minimum Gasteiger partial charge on any atom is -0.326 e. The molecule has 0 aromatic heterocycles. The average molecular weight is 249 g/mol. The lowest BCUT2D eigenvalue weighted by Gasteiger charge is -2.10. The molecule has 0 aliphatic carbocycles. The predicted molar refractivity (Wildman–Crippen MR) is 72.3 cm³/mol. The van der Waals surface area contributed by atoms with E-state index in [0.717, 1.165) is 0 Å². The van der Waals surface area contributed by atoms with Crippen molar-refractivity contribution in [1.82, 2.24) is 0 Å². The van der Waals surface area contributed by atoms with E-state index in [4.69, 9.17) is 5.73 Å². The fraction of sp³-hybridized carbons (Fsp3) is 0.385. The quantitative estimate of drug-likeness (QED) is 0.742. The molecule has 2 amide bonds. The lowest BCUT2D eigenvalue weighted by molar-refractivity contribution is -0.117. The first kappa shape index (κ1) is 14.2. The van der Waals surface area contributed by atoms with Crippen LogP contribution in [0.1, 0.15) is 26.7 Å². The molecule has 0 radical (unpaired) electrons. The van der Waals surface area contributed by atoms with Crippen molar-refractivity contribution in [2.24, 2.45) is 5.73 Å². The van der Waals surface area contributed by atoms with Crippen LogP contribution in [0.4, 0.5) is 11.4 Å². The number of anilines is 2. The lowest BCUT2D eigenvalue weighted by Crippen LogP contribution is -2.34. The van der Waals surface area contributed by atoms with Gasteiger partial charge < -0.3 is 16.4 Å². The SMILES string of the molecule is CCC(=O)Nc1ccc(NC(=O)[C@H](N)CC)cc1. The molecule has 1 aromatic carbocycles. The highest BCUT2D eigenvalue weighted by Gasteiger charge is 2.10. The second-order valence-corrected chi connectivity index (χ2v) is 3.98. The molecular weight excluding hydrogens is 230 g/mol. The van der Waals surface area contributed by atoms with E-state index in [1.807, 2.05) is 6.92 Å². The Balaban J connectivity index is 2.60. The van der Waals surface area contributed by atoms with Gasteiger partial charge in [0.1, 0.15) is 0 Å². The molecule has 1 atom stereocenters. The summed E-state index contributed by atoms with van der Waals surface area (Å²) in [7, 11) is 0. The standard InChI is InChI=1S/C13H19N3O2/c1-3-11(14)13(18)16-10-7-5-9(6-8-10)15-12(17)4-2/h5-8,11H,3-4,14H2,1-2H3,(H,15,17)(H,16,18)/t11-/m1/s1. The zero-order valence-corrected chi connectivity index (χ0v) is 10.7. The number of benzene rings is 1. The maximum Gasteiger partial charge on any atom is 0.241 e. The van der Waals surface area contributed by atoms with Gasteiger partial charge in [-0.3, -0.25) is 9.59 Å². The van der Waals surface area contributed by atoms with E-state index in [0.29, 0.717) is 24.2 Å². The normalized spacial score (nSPS) is 11.7. The van der Waals surface area contributed by atoms with Gasteiger partial charge >= 0.3 is 0 Å². The number of amides is 2. The molecule has 0 saturated carbocycles. The van der Waals surface area contributed by atoms with Gasteiger partial charge in [-0.15, -0.1) is 0 Å². The van der Waals surface area contributed by atoms with E-state index in [9.17, 15) is 9.59 Å². The average Bonchev–Trinajstić information content (AvgIpc) is 2.39. The minimum absolute atomic E-state index is 0.0419. The van der Waals surface area contributed by atoms with E-state index < -0.39 is 6.04 Å². The molecule has 18 heavy (non-hydrogen) atoms. The van der Waals surface area contributed by atoms with Crippen LogP contribution < -0.4 is 16.4 Å². The minimum atomic E-state index is -0.496. The molecule has 1 aromatic rings. The summed E-state index contributed by atoms with van der Waals surface area (Å²) in [4.78, 5) is 22.7. The molecule has 0 aliphatic heterocycles. The Labute approximate surface area is 107 Å². The van der Waals surface area contributed by atoms with Crippen LogP contribution in [0, 0.1) is 0 Å². The topological polar surface area (TPSA) is 84.2 Å². The molecule has 0 saturated heterocycles. The van der Waals surface area contributed by atoms with Crippen molar-refractivity contribution in [3.63, 3.8) is 0 Å². The Hall–Kier alpha value is -1.88. The van der Waals surface area contributed by atoms with Crippen molar-refractivity contribution in [1.29, 1.82) is 0 Å². The summed E-state index contributed by atoms with van der Waals surface area (Å²) in [5, 5.41) is 5.44. The smallest absolute Gasteiger partial charge is 0.241 e. The summed E-state index contributed by atoms with van der Waals surface area (Å²) in [6, 6.07) is 6.43. The number of carbonyl (C=O) groups is 2. The van der Waals surface area contributed by atoms with Crippen molar-refractivity contribution < 1.29 is 9.59 Å². The van der Waals surface area contributed by atoms with Crippen LogP contribution in [0.15, 0.2) is 24.3 Å².